The zero-order chi connectivity index (χ0) is 15.6. The van der Waals surface area contributed by atoms with E-state index in [0.29, 0.717) is 11.3 Å². The fourth-order valence-electron chi connectivity index (χ4n) is 1.33. The van der Waals surface area contributed by atoms with Gasteiger partial charge in [0, 0.05) is 12.6 Å². The fourth-order valence-corrected chi connectivity index (χ4v) is 3.33. The van der Waals surface area contributed by atoms with Crippen molar-refractivity contribution in [3.8, 4) is 0 Å². The van der Waals surface area contributed by atoms with E-state index in [4.69, 9.17) is 5.73 Å². The van der Waals surface area contributed by atoms with Crippen LogP contribution in [0.15, 0.2) is 22.5 Å². The summed E-state index contributed by atoms with van der Waals surface area (Å²) in [6.45, 7) is 1.25. The Morgan fingerprint density at radius 1 is 1.38 bits per heavy atom. The third-order valence-corrected chi connectivity index (χ3v) is 4.73. The van der Waals surface area contributed by atoms with Crippen LogP contribution in [0.25, 0.3) is 0 Å². The minimum Gasteiger partial charge on any atom is -0.399 e. The Morgan fingerprint density at radius 3 is 2.76 bits per heavy atom. The maximum Gasteiger partial charge on any atom is 0.291 e. The topological polar surface area (TPSA) is 127 Å². The molecule has 1 heterocycles. The Bertz CT molecular complexity index is 790. The molecule has 0 aliphatic rings. The summed E-state index contributed by atoms with van der Waals surface area (Å²) < 4.78 is 39.2. The molecule has 0 radical (unpaired) electrons. The summed E-state index contributed by atoms with van der Waals surface area (Å²) in [4.78, 5) is 10.8. The molecule has 11 heteroatoms. The summed E-state index contributed by atoms with van der Waals surface area (Å²) in [6.07, 6.45) is 0. The molecule has 0 saturated heterocycles. The SMILES string of the molecule is CC(=O)Nc1nnc(S(=O)(=O)Nc2cc(N)ccc2F)s1. The number of hydrogen-bond donors (Lipinski definition) is 3. The highest BCUT2D eigenvalue weighted by Gasteiger charge is 2.22. The minimum absolute atomic E-state index is 0.0240. The highest BCUT2D eigenvalue weighted by atomic mass is 32.2. The molecule has 1 amide bonds. The first-order valence-electron chi connectivity index (χ1n) is 5.47. The number of hydrogen-bond acceptors (Lipinski definition) is 7. The fraction of sp³-hybridized carbons (Fsp3) is 0.100. The van der Waals surface area contributed by atoms with Crippen LogP contribution in [-0.4, -0.2) is 24.5 Å². The molecular weight excluding hydrogens is 321 g/mol. The molecule has 0 atom stereocenters. The standard InChI is InChI=1S/C10H10FN5O3S2/c1-5(17)13-9-14-15-10(20-9)21(18,19)16-8-4-6(12)2-3-7(8)11/h2-4,16H,12H2,1H3,(H,13,14,17). The molecule has 1 aromatic heterocycles. The van der Waals surface area contributed by atoms with Gasteiger partial charge in [-0.2, -0.15) is 8.42 Å². The van der Waals surface area contributed by atoms with Crippen molar-refractivity contribution in [1.82, 2.24) is 10.2 Å². The maximum atomic E-state index is 13.5. The quantitative estimate of drug-likeness (QED) is 0.567. The van der Waals surface area contributed by atoms with E-state index in [1.165, 1.54) is 13.0 Å². The van der Waals surface area contributed by atoms with Crippen LogP contribution in [0.1, 0.15) is 6.92 Å². The van der Waals surface area contributed by atoms with Gasteiger partial charge in [-0.05, 0) is 18.2 Å². The number of nitrogens with zero attached hydrogens (tertiary/aromatic N) is 2. The smallest absolute Gasteiger partial charge is 0.291 e. The number of anilines is 3. The van der Waals surface area contributed by atoms with E-state index < -0.39 is 26.1 Å². The normalized spacial score (nSPS) is 11.1. The molecule has 21 heavy (non-hydrogen) atoms. The van der Waals surface area contributed by atoms with Crippen LogP contribution < -0.4 is 15.8 Å². The number of sulfonamides is 1. The number of carbonyl (C=O) groups is 1. The first-order chi connectivity index (χ1) is 9.78. The highest BCUT2D eigenvalue weighted by Crippen LogP contribution is 2.24. The van der Waals surface area contributed by atoms with Gasteiger partial charge < -0.3 is 11.1 Å². The Kier molecular flexibility index (Phi) is 4.04. The van der Waals surface area contributed by atoms with E-state index in [0.717, 1.165) is 12.1 Å². The van der Waals surface area contributed by atoms with Crippen molar-refractivity contribution in [2.75, 3.05) is 15.8 Å². The summed E-state index contributed by atoms with van der Waals surface area (Å²) in [5.41, 5.74) is 5.37. The van der Waals surface area contributed by atoms with Crippen LogP contribution in [0.4, 0.5) is 20.9 Å². The molecular formula is C10H10FN5O3S2. The molecule has 1 aromatic carbocycles. The van der Waals surface area contributed by atoms with E-state index in [-0.39, 0.29) is 16.5 Å². The molecule has 0 aliphatic carbocycles. The lowest BCUT2D eigenvalue weighted by molar-refractivity contribution is -0.114. The van der Waals surface area contributed by atoms with Crippen molar-refractivity contribution < 1.29 is 17.6 Å². The van der Waals surface area contributed by atoms with Crippen molar-refractivity contribution in [2.24, 2.45) is 0 Å². The molecule has 0 unspecified atom stereocenters. The summed E-state index contributed by atoms with van der Waals surface area (Å²) >= 11 is 0.639. The van der Waals surface area contributed by atoms with Gasteiger partial charge in [0.05, 0.1) is 5.69 Å². The van der Waals surface area contributed by atoms with Gasteiger partial charge in [-0.25, -0.2) is 4.39 Å². The first-order valence-corrected chi connectivity index (χ1v) is 7.77. The second-order valence-electron chi connectivity index (χ2n) is 3.90. The van der Waals surface area contributed by atoms with Gasteiger partial charge in [-0.1, -0.05) is 11.3 Å². The van der Waals surface area contributed by atoms with E-state index >= 15 is 0 Å². The largest absolute Gasteiger partial charge is 0.399 e. The zero-order valence-corrected chi connectivity index (χ0v) is 12.3. The third-order valence-electron chi connectivity index (χ3n) is 2.15. The number of benzene rings is 1. The number of rotatable bonds is 4. The van der Waals surface area contributed by atoms with Crippen molar-refractivity contribution in [3.63, 3.8) is 0 Å². The van der Waals surface area contributed by atoms with Crippen molar-refractivity contribution in [1.29, 1.82) is 0 Å². The minimum atomic E-state index is -4.12. The molecule has 0 spiro atoms. The van der Waals surface area contributed by atoms with Crippen LogP contribution in [-0.2, 0) is 14.8 Å². The van der Waals surface area contributed by atoms with Crippen LogP contribution in [0.5, 0.6) is 0 Å². The predicted octanol–water partition coefficient (Wildman–Crippen LogP) is 1.02. The number of nitrogens with two attached hydrogens (primary N) is 1. The van der Waals surface area contributed by atoms with Crippen LogP contribution >= 0.6 is 11.3 Å². The van der Waals surface area contributed by atoms with Crippen LogP contribution in [0, 0.1) is 5.82 Å². The predicted molar refractivity (Wildman–Crippen MR) is 75.8 cm³/mol. The Balaban J connectivity index is 2.28. The van der Waals surface area contributed by atoms with E-state index in [2.05, 4.69) is 15.5 Å². The van der Waals surface area contributed by atoms with E-state index in [1.54, 1.807) is 0 Å². The summed E-state index contributed by atoms with van der Waals surface area (Å²) in [7, 11) is -4.12. The zero-order valence-electron chi connectivity index (χ0n) is 10.6. The molecule has 4 N–H and O–H groups in total. The third kappa shape index (κ3) is 3.64. The molecule has 0 bridgehead atoms. The Morgan fingerprint density at radius 2 is 2.10 bits per heavy atom. The van der Waals surface area contributed by atoms with Crippen molar-refractivity contribution in [2.45, 2.75) is 11.3 Å². The van der Waals surface area contributed by atoms with Gasteiger partial charge in [0.2, 0.25) is 11.0 Å². The average Bonchev–Trinajstić information content (AvgIpc) is 2.82. The second-order valence-corrected chi connectivity index (χ2v) is 6.73. The molecule has 0 aliphatic heterocycles. The molecule has 0 saturated carbocycles. The monoisotopic (exact) mass is 331 g/mol. The van der Waals surface area contributed by atoms with Gasteiger partial charge in [-0.3, -0.25) is 9.52 Å². The highest BCUT2D eigenvalue weighted by molar-refractivity contribution is 7.94. The maximum absolute atomic E-state index is 13.5. The summed E-state index contributed by atoms with van der Waals surface area (Å²) in [6, 6.07) is 3.48. The van der Waals surface area contributed by atoms with Gasteiger partial charge in [0.1, 0.15) is 5.82 Å². The summed E-state index contributed by atoms with van der Waals surface area (Å²) in [5.74, 6) is -1.19. The number of nitrogens with one attached hydrogen (secondary N) is 2. The number of nitrogen functional groups attached to an aromatic ring is 1. The Labute approximate surface area is 123 Å². The Hall–Kier alpha value is -2.27. The number of carbonyl (C=O) groups excluding carboxylic acids is 1. The van der Waals surface area contributed by atoms with Gasteiger partial charge in [0.25, 0.3) is 14.4 Å². The number of aromatic nitrogens is 2. The van der Waals surface area contributed by atoms with Crippen LogP contribution in [0.2, 0.25) is 0 Å². The second kappa shape index (κ2) is 5.61. The van der Waals surface area contributed by atoms with Crippen molar-refractivity contribution >= 4 is 43.8 Å². The van der Waals surface area contributed by atoms with E-state index in [9.17, 15) is 17.6 Å². The molecule has 2 aromatic rings. The van der Waals surface area contributed by atoms with Gasteiger partial charge >= 0.3 is 0 Å². The lowest BCUT2D eigenvalue weighted by Gasteiger charge is -2.06. The van der Waals surface area contributed by atoms with E-state index in [1.807, 2.05) is 4.72 Å². The number of halogens is 1. The summed E-state index contributed by atoms with van der Waals surface area (Å²) in [5, 5.41) is 9.27. The van der Waals surface area contributed by atoms with Crippen LogP contribution in [0.3, 0.4) is 0 Å². The molecule has 0 fully saturated rings. The van der Waals surface area contributed by atoms with Gasteiger partial charge in [0.15, 0.2) is 0 Å². The lowest BCUT2D eigenvalue weighted by Crippen LogP contribution is -2.14. The van der Waals surface area contributed by atoms with Gasteiger partial charge in [-0.15, -0.1) is 10.2 Å². The average molecular weight is 331 g/mol. The first kappa shape index (κ1) is 15.1. The molecule has 8 nitrogen and oxygen atoms in total. The number of amides is 1. The molecule has 112 valence electrons. The molecule has 2 rings (SSSR count). The lowest BCUT2D eigenvalue weighted by atomic mass is 10.3. The van der Waals surface area contributed by atoms with Crippen molar-refractivity contribution in [3.05, 3.63) is 24.0 Å².